The Morgan fingerprint density at radius 2 is 1.57 bits per heavy atom. The number of hydrogen-bond acceptors (Lipinski definition) is 4. The Labute approximate surface area is 221 Å². The fraction of sp³-hybridized carbons (Fsp3) is 0.121. The zero-order valence-electron chi connectivity index (χ0n) is 20.8. The molecule has 4 heteroatoms. The Morgan fingerprint density at radius 1 is 0.865 bits per heavy atom. The van der Waals surface area contributed by atoms with Gasteiger partial charge in [0.1, 0.15) is 6.07 Å². The second-order valence-corrected chi connectivity index (χ2v) is 10.8. The highest BCUT2D eigenvalue weighted by Gasteiger charge is 2.29. The standard InChI is InChI=1S/C33H27N3S/c1-20-7-3-4-8-25(20)26-9-5-6-10-29(26)36-33-23(19-34)12-11-21(2)32(33)22-13-15-30-27(17-22)28-18-24(35)14-16-31(28)37-30/h3-18,21,32,36H,35H2,1-2H3. The van der Waals surface area contributed by atoms with Crippen LogP contribution in [0.5, 0.6) is 0 Å². The van der Waals surface area contributed by atoms with Gasteiger partial charge in [-0.1, -0.05) is 61.5 Å². The van der Waals surface area contributed by atoms with Crippen molar-refractivity contribution in [2.75, 3.05) is 11.1 Å². The molecular weight excluding hydrogens is 470 g/mol. The van der Waals surface area contributed by atoms with Crippen LogP contribution in [0.15, 0.2) is 108 Å². The van der Waals surface area contributed by atoms with E-state index in [1.165, 1.54) is 36.9 Å². The molecule has 6 rings (SSSR count). The minimum atomic E-state index is 0.0185. The number of benzene rings is 4. The van der Waals surface area contributed by atoms with Crippen molar-refractivity contribution in [2.24, 2.45) is 5.92 Å². The fourth-order valence-electron chi connectivity index (χ4n) is 5.45. The zero-order chi connectivity index (χ0) is 25.5. The summed E-state index contributed by atoms with van der Waals surface area (Å²) in [7, 11) is 0. The molecule has 1 heterocycles. The first-order valence-electron chi connectivity index (χ1n) is 12.5. The molecule has 1 aliphatic rings. The number of rotatable bonds is 4. The zero-order valence-corrected chi connectivity index (χ0v) is 21.6. The molecule has 0 saturated carbocycles. The Kier molecular flexibility index (Phi) is 5.79. The molecule has 0 radical (unpaired) electrons. The average molecular weight is 498 g/mol. The van der Waals surface area contributed by atoms with Crippen molar-refractivity contribution in [1.29, 1.82) is 5.26 Å². The van der Waals surface area contributed by atoms with E-state index in [9.17, 15) is 5.26 Å². The van der Waals surface area contributed by atoms with Crippen molar-refractivity contribution in [1.82, 2.24) is 0 Å². The molecule has 0 aliphatic heterocycles. The number of para-hydroxylation sites is 1. The molecule has 180 valence electrons. The average Bonchev–Trinajstić information content (AvgIpc) is 3.27. The van der Waals surface area contributed by atoms with Crippen molar-refractivity contribution in [2.45, 2.75) is 19.8 Å². The molecule has 0 bridgehead atoms. The number of nitrogens with two attached hydrogens (primary N) is 1. The number of thiophene rings is 1. The molecule has 3 nitrogen and oxygen atoms in total. The maximum Gasteiger partial charge on any atom is 0.101 e. The van der Waals surface area contributed by atoms with E-state index in [1.54, 1.807) is 11.3 Å². The van der Waals surface area contributed by atoms with E-state index in [2.05, 4.69) is 104 Å². The molecule has 0 amide bonds. The van der Waals surface area contributed by atoms with E-state index in [0.717, 1.165) is 22.6 Å². The molecule has 3 N–H and O–H groups in total. The molecule has 1 aromatic heterocycles. The molecule has 2 atom stereocenters. The van der Waals surface area contributed by atoms with Crippen LogP contribution in [0.25, 0.3) is 31.3 Å². The molecule has 2 unspecified atom stereocenters. The van der Waals surface area contributed by atoms with Crippen molar-refractivity contribution >= 4 is 42.9 Å². The Morgan fingerprint density at radius 3 is 2.35 bits per heavy atom. The number of fused-ring (bicyclic) bond motifs is 3. The number of hydrogen-bond donors (Lipinski definition) is 2. The lowest BCUT2D eigenvalue weighted by atomic mass is 9.79. The number of allylic oxidation sites excluding steroid dienone is 4. The van der Waals surface area contributed by atoms with Gasteiger partial charge in [0.25, 0.3) is 0 Å². The third-order valence-corrected chi connectivity index (χ3v) is 8.47. The quantitative estimate of drug-likeness (QED) is 0.244. The van der Waals surface area contributed by atoms with Gasteiger partial charge >= 0.3 is 0 Å². The van der Waals surface area contributed by atoms with Gasteiger partial charge in [0, 0.05) is 48.7 Å². The number of aryl methyl sites for hydroxylation is 1. The van der Waals surface area contributed by atoms with E-state index in [-0.39, 0.29) is 11.8 Å². The fourth-order valence-corrected chi connectivity index (χ4v) is 6.51. The second kappa shape index (κ2) is 9.28. The van der Waals surface area contributed by atoms with Crippen LogP contribution in [0, 0.1) is 24.2 Å². The van der Waals surface area contributed by atoms with Crippen LogP contribution in [0.4, 0.5) is 11.4 Å². The summed E-state index contributed by atoms with van der Waals surface area (Å²) in [5.41, 5.74) is 14.2. The third-order valence-electron chi connectivity index (χ3n) is 7.32. The minimum absolute atomic E-state index is 0.0185. The molecule has 1 aliphatic carbocycles. The summed E-state index contributed by atoms with van der Waals surface area (Å²) in [5.74, 6) is 0.239. The maximum atomic E-state index is 10.1. The van der Waals surface area contributed by atoms with Crippen molar-refractivity contribution in [3.8, 4) is 17.2 Å². The Bertz CT molecular complexity index is 1770. The van der Waals surface area contributed by atoms with E-state index < -0.39 is 0 Å². The van der Waals surface area contributed by atoms with Crippen LogP contribution in [0.2, 0.25) is 0 Å². The van der Waals surface area contributed by atoms with E-state index in [4.69, 9.17) is 5.73 Å². The minimum Gasteiger partial charge on any atom is -0.399 e. The topological polar surface area (TPSA) is 61.8 Å². The van der Waals surface area contributed by atoms with E-state index in [1.807, 2.05) is 18.2 Å². The van der Waals surface area contributed by atoms with Crippen molar-refractivity contribution in [3.05, 3.63) is 119 Å². The second-order valence-electron chi connectivity index (χ2n) is 9.73. The maximum absolute atomic E-state index is 10.1. The summed E-state index contributed by atoms with van der Waals surface area (Å²) < 4.78 is 2.48. The van der Waals surface area contributed by atoms with Crippen LogP contribution >= 0.6 is 11.3 Å². The van der Waals surface area contributed by atoms with Crippen LogP contribution < -0.4 is 11.1 Å². The summed E-state index contributed by atoms with van der Waals surface area (Å²) in [6.07, 6.45) is 4.11. The summed E-state index contributed by atoms with van der Waals surface area (Å²) in [6.45, 7) is 4.35. The van der Waals surface area contributed by atoms with E-state index in [0.29, 0.717) is 5.57 Å². The summed E-state index contributed by atoms with van der Waals surface area (Å²) in [6, 6.07) is 32.1. The van der Waals surface area contributed by atoms with Crippen LogP contribution in [-0.4, -0.2) is 0 Å². The van der Waals surface area contributed by atoms with Gasteiger partial charge in [-0.3, -0.25) is 0 Å². The molecule has 0 spiro atoms. The predicted octanol–water partition coefficient (Wildman–Crippen LogP) is 8.79. The summed E-state index contributed by atoms with van der Waals surface area (Å²) in [5, 5.41) is 16.2. The monoisotopic (exact) mass is 497 g/mol. The highest BCUT2D eigenvalue weighted by molar-refractivity contribution is 7.25. The van der Waals surface area contributed by atoms with Gasteiger partial charge in [-0.2, -0.15) is 5.26 Å². The van der Waals surface area contributed by atoms with Gasteiger partial charge in [0.05, 0.1) is 5.57 Å². The van der Waals surface area contributed by atoms with Crippen molar-refractivity contribution in [3.63, 3.8) is 0 Å². The van der Waals surface area contributed by atoms with Crippen LogP contribution in [-0.2, 0) is 0 Å². The number of nitrogens with one attached hydrogen (secondary N) is 1. The smallest absolute Gasteiger partial charge is 0.101 e. The van der Waals surface area contributed by atoms with Gasteiger partial charge in [-0.25, -0.2) is 0 Å². The van der Waals surface area contributed by atoms with Crippen molar-refractivity contribution < 1.29 is 0 Å². The number of nitrogen functional groups attached to an aromatic ring is 1. The first kappa shape index (κ1) is 23.1. The number of nitrogens with zero attached hydrogens (tertiary/aromatic N) is 1. The van der Waals surface area contributed by atoms with Crippen LogP contribution in [0.1, 0.15) is 24.0 Å². The summed E-state index contributed by atoms with van der Waals surface area (Å²) in [4.78, 5) is 0. The first-order chi connectivity index (χ1) is 18.0. The van der Waals surface area contributed by atoms with Gasteiger partial charge in [-0.15, -0.1) is 11.3 Å². The van der Waals surface area contributed by atoms with Gasteiger partial charge in [0.15, 0.2) is 0 Å². The molecular formula is C33H27N3S. The largest absolute Gasteiger partial charge is 0.399 e. The highest BCUT2D eigenvalue weighted by atomic mass is 32.1. The SMILES string of the molecule is Cc1ccccc1-c1ccccc1NC1=C(C#N)C=CC(C)C1c1ccc2sc3ccc(N)cc3c2c1. The third kappa shape index (κ3) is 4.08. The lowest BCUT2D eigenvalue weighted by molar-refractivity contribution is 0.606. The Hall–Kier alpha value is -4.33. The lowest BCUT2D eigenvalue weighted by Crippen LogP contribution is -2.21. The Balaban J connectivity index is 1.49. The lowest BCUT2D eigenvalue weighted by Gasteiger charge is -2.30. The molecule has 37 heavy (non-hydrogen) atoms. The predicted molar refractivity (Wildman–Crippen MR) is 158 cm³/mol. The highest BCUT2D eigenvalue weighted by Crippen LogP contribution is 2.43. The van der Waals surface area contributed by atoms with Gasteiger partial charge in [0.2, 0.25) is 0 Å². The van der Waals surface area contributed by atoms with Gasteiger partial charge in [-0.05, 0) is 72.0 Å². The van der Waals surface area contributed by atoms with Crippen LogP contribution in [0.3, 0.4) is 0 Å². The normalized spacial score (nSPS) is 17.3. The first-order valence-corrected chi connectivity index (χ1v) is 13.3. The number of anilines is 2. The van der Waals surface area contributed by atoms with Gasteiger partial charge < -0.3 is 11.1 Å². The number of nitriles is 1. The molecule has 5 aromatic rings. The summed E-state index contributed by atoms with van der Waals surface area (Å²) >= 11 is 1.79. The molecule has 0 fully saturated rings. The molecule has 0 saturated heterocycles. The molecule has 4 aromatic carbocycles. The van der Waals surface area contributed by atoms with E-state index >= 15 is 0 Å².